The summed E-state index contributed by atoms with van der Waals surface area (Å²) >= 11 is 0. The summed E-state index contributed by atoms with van der Waals surface area (Å²) in [5.74, 6) is 0.227. The summed E-state index contributed by atoms with van der Waals surface area (Å²) < 4.78 is 5.38. The number of nitrogens with one attached hydrogen (secondary N) is 1. The molecular formula is C22H22N2O2. The van der Waals surface area contributed by atoms with Crippen LogP contribution >= 0.6 is 0 Å². The van der Waals surface area contributed by atoms with E-state index in [1.165, 1.54) is 5.56 Å². The average Bonchev–Trinajstić information content (AvgIpc) is 2.62. The van der Waals surface area contributed by atoms with Gasteiger partial charge in [-0.1, -0.05) is 42.0 Å². The molecule has 0 radical (unpaired) electrons. The van der Waals surface area contributed by atoms with Gasteiger partial charge in [0.15, 0.2) is 0 Å². The number of methoxy groups -OCH3 is 1. The maximum Gasteiger partial charge on any atom is 0.275 e. The number of carbonyl (C=O) groups excluding carboxylic acids is 1. The number of fused-ring (bicyclic) bond motifs is 1. The van der Waals surface area contributed by atoms with Gasteiger partial charge in [-0.15, -0.1) is 0 Å². The van der Waals surface area contributed by atoms with Crippen molar-refractivity contribution in [3.05, 3.63) is 76.3 Å². The molecule has 4 heteroatoms. The Morgan fingerprint density at radius 3 is 2.23 bits per heavy atom. The molecule has 4 nitrogen and oxygen atoms in total. The third kappa shape index (κ3) is 3.59. The molecule has 0 aromatic heterocycles. The number of ether oxygens (including phenoxy) is 1. The van der Waals surface area contributed by atoms with E-state index in [0.29, 0.717) is 11.3 Å². The molecule has 0 bridgehead atoms. The van der Waals surface area contributed by atoms with Gasteiger partial charge in [0.2, 0.25) is 0 Å². The number of rotatable bonds is 4. The van der Waals surface area contributed by atoms with Crippen molar-refractivity contribution in [2.75, 3.05) is 7.11 Å². The average molecular weight is 346 g/mol. The molecule has 132 valence electrons. The molecule has 0 atom stereocenters. The first kappa shape index (κ1) is 17.7. The fourth-order valence-electron chi connectivity index (χ4n) is 3.18. The Hall–Kier alpha value is -3.14. The Labute approximate surface area is 153 Å². The number of aryl methyl sites for hydroxylation is 3. The summed E-state index contributed by atoms with van der Waals surface area (Å²) in [5, 5.41) is 6.15. The van der Waals surface area contributed by atoms with Crippen molar-refractivity contribution in [1.82, 2.24) is 5.43 Å². The van der Waals surface area contributed by atoms with Gasteiger partial charge in [-0.2, -0.15) is 5.10 Å². The van der Waals surface area contributed by atoms with Crippen molar-refractivity contribution >= 4 is 22.9 Å². The van der Waals surface area contributed by atoms with Crippen LogP contribution in [0.25, 0.3) is 10.8 Å². The molecule has 0 aliphatic carbocycles. The van der Waals surface area contributed by atoms with E-state index in [1.54, 1.807) is 13.3 Å². The summed E-state index contributed by atoms with van der Waals surface area (Å²) in [5.41, 5.74) is 7.55. The molecule has 3 aromatic rings. The fourth-order valence-corrected chi connectivity index (χ4v) is 3.18. The number of benzene rings is 3. The smallest absolute Gasteiger partial charge is 0.275 e. The first-order chi connectivity index (χ1) is 12.5. The number of hydrogen-bond donors (Lipinski definition) is 1. The number of hydrazone groups is 1. The summed E-state index contributed by atoms with van der Waals surface area (Å²) in [6.45, 7) is 6.14. The maximum absolute atomic E-state index is 12.6. The third-order valence-electron chi connectivity index (χ3n) is 4.41. The summed E-state index contributed by atoms with van der Waals surface area (Å²) in [7, 11) is 1.56. The Balaban J connectivity index is 1.85. The lowest BCUT2D eigenvalue weighted by Crippen LogP contribution is -2.18. The molecule has 0 spiro atoms. The van der Waals surface area contributed by atoms with Gasteiger partial charge in [0.25, 0.3) is 5.91 Å². The summed E-state index contributed by atoms with van der Waals surface area (Å²) in [4.78, 5) is 12.6. The van der Waals surface area contributed by atoms with Crippen LogP contribution in [0.1, 0.15) is 32.6 Å². The summed E-state index contributed by atoms with van der Waals surface area (Å²) in [6, 6.07) is 15.7. The highest BCUT2D eigenvalue weighted by Gasteiger charge is 2.13. The number of nitrogens with zero attached hydrogens (tertiary/aromatic N) is 1. The molecule has 3 rings (SSSR count). The first-order valence-electron chi connectivity index (χ1n) is 8.47. The van der Waals surface area contributed by atoms with Gasteiger partial charge in [0.1, 0.15) is 5.75 Å². The van der Waals surface area contributed by atoms with Gasteiger partial charge in [-0.25, -0.2) is 5.43 Å². The van der Waals surface area contributed by atoms with Crippen LogP contribution in [0.3, 0.4) is 0 Å². The predicted octanol–water partition coefficient (Wildman–Crippen LogP) is 4.54. The first-order valence-corrected chi connectivity index (χ1v) is 8.47. The quantitative estimate of drug-likeness (QED) is 0.557. The molecule has 1 N–H and O–H groups in total. The lowest BCUT2D eigenvalue weighted by Gasteiger charge is -2.10. The van der Waals surface area contributed by atoms with Crippen molar-refractivity contribution in [2.24, 2.45) is 5.10 Å². The number of hydrogen-bond acceptors (Lipinski definition) is 3. The van der Waals surface area contributed by atoms with Crippen LogP contribution in [0.2, 0.25) is 0 Å². The van der Waals surface area contributed by atoms with Gasteiger partial charge >= 0.3 is 0 Å². The molecule has 0 aliphatic heterocycles. The van der Waals surface area contributed by atoms with Crippen LogP contribution in [0.4, 0.5) is 0 Å². The molecule has 0 fully saturated rings. The molecule has 0 unspecified atom stereocenters. The molecule has 1 amide bonds. The van der Waals surface area contributed by atoms with E-state index in [0.717, 1.165) is 27.5 Å². The lowest BCUT2D eigenvalue weighted by atomic mass is 10.0. The standard InChI is InChI=1S/C22H22N2O2/c1-14-9-15(2)20(16(3)10-14)13-23-24-22(25)19-11-17-7-5-6-8-18(17)12-21(19)26-4/h5-13H,1-4H3,(H,24,25)/b23-13-. The Morgan fingerprint density at radius 2 is 1.62 bits per heavy atom. The molecule has 0 saturated carbocycles. The molecule has 26 heavy (non-hydrogen) atoms. The molecule has 0 saturated heterocycles. The van der Waals surface area contributed by atoms with E-state index >= 15 is 0 Å². The highest BCUT2D eigenvalue weighted by Crippen LogP contribution is 2.25. The van der Waals surface area contributed by atoms with Crippen molar-refractivity contribution in [2.45, 2.75) is 20.8 Å². The van der Waals surface area contributed by atoms with E-state index < -0.39 is 0 Å². The summed E-state index contributed by atoms with van der Waals surface area (Å²) in [6.07, 6.45) is 1.69. The van der Waals surface area contributed by atoms with Crippen molar-refractivity contribution in [3.8, 4) is 5.75 Å². The Morgan fingerprint density at radius 1 is 1.00 bits per heavy atom. The zero-order valence-electron chi connectivity index (χ0n) is 15.5. The van der Waals surface area contributed by atoms with E-state index in [1.807, 2.05) is 50.2 Å². The zero-order chi connectivity index (χ0) is 18.7. The second-order valence-electron chi connectivity index (χ2n) is 6.41. The van der Waals surface area contributed by atoms with E-state index in [9.17, 15) is 4.79 Å². The van der Waals surface area contributed by atoms with Crippen LogP contribution in [0.5, 0.6) is 5.75 Å². The van der Waals surface area contributed by atoms with Gasteiger partial charge in [-0.3, -0.25) is 4.79 Å². The van der Waals surface area contributed by atoms with Crippen LogP contribution in [-0.4, -0.2) is 19.2 Å². The van der Waals surface area contributed by atoms with E-state index in [-0.39, 0.29) is 5.91 Å². The lowest BCUT2D eigenvalue weighted by molar-refractivity contribution is 0.0952. The molecule has 0 aliphatic rings. The molecule has 3 aromatic carbocycles. The number of amides is 1. The van der Waals surface area contributed by atoms with Crippen LogP contribution in [0.15, 0.2) is 53.6 Å². The third-order valence-corrected chi connectivity index (χ3v) is 4.41. The Kier molecular flexibility index (Phi) is 5.03. The van der Waals surface area contributed by atoms with E-state index in [2.05, 4.69) is 29.6 Å². The minimum Gasteiger partial charge on any atom is -0.496 e. The molecule has 0 heterocycles. The highest BCUT2D eigenvalue weighted by atomic mass is 16.5. The van der Waals surface area contributed by atoms with Crippen molar-refractivity contribution in [3.63, 3.8) is 0 Å². The van der Waals surface area contributed by atoms with Crippen LogP contribution < -0.4 is 10.2 Å². The van der Waals surface area contributed by atoms with Gasteiger partial charge < -0.3 is 4.74 Å². The van der Waals surface area contributed by atoms with Crippen LogP contribution in [0, 0.1) is 20.8 Å². The Bertz CT molecular complexity index is 983. The van der Waals surface area contributed by atoms with Crippen molar-refractivity contribution < 1.29 is 9.53 Å². The monoisotopic (exact) mass is 346 g/mol. The van der Waals surface area contributed by atoms with Crippen molar-refractivity contribution in [1.29, 1.82) is 0 Å². The van der Waals surface area contributed by atoms with Gasteiger partial charge in [-0.05, 0) is 54.8 Å². The van der Waals surface area contributed by atoms with Crippen LogP contribution in [-0.2, 0) is 0 Å². The molecular weight excluding hydrogens is 324 g/mol. The second kappa shape index (κ2) is 7.40. The van der Waals surface area contributed by atoms with E-state index in [4.69, 9.17) is 4.74 Å². The zero-order valence-corrected chi connectivity index (χ0v) is 15.5. The largest absolute Gasteiger partial charge is 0.496 e. The minimum atomic E-state index is -0.300. The minimum absolute atomic E-state index is 0.300. The maximum atomic E-state index is 12.6. The topological polar surface area (TPSA) is 50.7 Å². The fraction of sp³-hybridized carbons (Fsp3) is 0.182. The van der Waals surface area contributed by atoms with Gasteiger partial charge in [0, 0.05) is 5.56 Å². The second-order valence-corrected chi connectivity index (χ2v) is 6.41. The SMILES string of the molecule is COc1cc2ccccc2cc1C(=O)N/N=C\c1c(C)cc(C)cc1C. The number of carbonyl (C=O) groups is 1. The highest BCUT2D eigenvalue weighted by molar-refractivity contribution is 6.02. The normalized spacial score (nSPS) is 11.1. The van der Waals surface area contributed by atoms with Gasteiger partial charge in [0.05, 0.1) is 18.9 Å². The predicted molar refractivity (Wildman–Crippen MR) is 106 cm³/mol.